The smallest absolute Gasteiger partial charge is 0.352 e. The fourth-order valence-corrected chi connectivity index (χ4v) is 6.94. The van der Waals surface area contributed by atoms with Crippen LogP contribution in [0.15, 0.2) is 140 Å². The summed E-state index contributed by atoms with van der Waals surface area (Å²) in [5.41, 5.74) is 10.5. The normalized spacial score (nSPS) is 11.8. The maximum absolute atomic E-state index is 4.89. The number of hydrogen-bond donors (Lipinski definition) is 0. The van der Waals surface area contributed by atoms with E-state index < -0.39 is 0 Å². The van der Waals surface area contributed by atoms with Gasteiger partial charge >= 0.3 is 21.1 Å². The fourth-order valence-electron chi connectivity index (χ4n) is 6.94. The second-order valence-electron chi connectivity index (χ2n) is 13.4. The van der Waals surface area contributed by atoms with E-state index in [0.29, 0.717) is 0 Å². The van der Waals surface area contributed by atoms with Crippen molar-refractivity contribution in [2.45, 2.75) is 26.2 Å². The van der Waals surface area contributed by atoms with Crippen molar-refractivity contribution in [3.8, 4) is 33.9 Å². The number of nitrogens with zero attached hydrogens (tertiary/aromatic N) is 4. The summed E-state index contributed by atoms with van der Waals surface area (Å²) in [6.45, 7) is 6.72. The zero-order chi connectivity index (χ0) is 32.4. The van der Waals surface area contributed by atoms with E-state index >= 15 is 0 Å². The number of benzene rings is 5. The van der Waals surface area contributed by atoms with Crippen LogP contribution < -0.4 is 0 Å². The zero-order valence-electron chi connectivity index (χ0n) is 27.4. The van der Waals surface area contributed by atoms with Crippen molar-refractivity contribution in [2.24, 2.45) is 0 Å². The predicted octanol–water partition coefficient (Wildman–Crippen LogP) is 10.9. The van der Waals surface area contributed by atoms with Crippen molar-refractivity contribution < 1.29 is 21.1 Å². The molecule has 5 aromatic carbocycles. The molecule has 0 saturated heterocycles. The molecule has 4 aromatic heterocycles. The van der Waals surface area contributed by atoms with E-state index in [1.807, 2.05) is 18.5 Å². The van der Waals surface area contributed by atoms with Crippen LogP contribution in [0.2, 0.25) is 0 Å². The van der Waals surface area contributed by atoms with E-state index in [1.54, 1.807) is 0 Å². The maximum Gasteiger partial charge on any atom is 2.00 e. The van der Waals surface area contributed by atoms with Gasteiger partial charge in [0.1, 0.15) is 5.82 Å². The summed E-state index contributed by atoms with van der Waals surface area (Å²) in [7, 11) is 0. The van der Waals surface area contributed by atoms with E-state index in [1.165, 1.54) is 16.3 Å². The van der Waals surface area contributed by atoms with Gasteiger partial charge < -0.3 is 14.1 Å². The molecule has 0 aliphatic rings. The average Bonchev–Trinajstić information content (AvgIpc) is 3.64. The fraction of sp³-hybridized carbons (Fsp3) is 0.0909. The molecule has 0 fully saturated rings. The molecule has 0 bridgehead atoms. The van der Waals surface area contributed by atoms with Crippen LogP contribution in [0.4, 0.5) is 0 Å². The molecule has 9 aromatic rings. The Morgan fingerprint density at radius 1 is 0.531 bits per heavy atom. The Hall–Kier alpha value is -5.31. The minimum absolute atomic E-state index is 0. The molecule has 0 spiro atoms. The summed E-state index contributed by atoms with van der Waals surface area (Å²) in [6.07, 6.45) is 3.80. The van der Waals surface area contributed by atoms with Gasteiger partial charge in [-0.1, -0.05) is 110 Å². The largest absolute Gasteiger partial charge is 2.00 e. The van der Waals surface area contributed by atoms with E-state index in [4.69, 9.17) is 9.97 Å². The number of fused-ring (bicyclic) bond motifs is 6. The summed E-state index contributed by atoms with van der Waals surface area (Å²) in [5, 5.41) is 4.64. The van der Waals surface area contributed by atoms with Crippen LogP contribution in [0.25, 0.3) is 77.5 Å². The first kappa shape index (κ1) is 31.0. The Bertz CT molecular complexity index is 2660. The molecule has 4 heterocycles. The van der Waals surface area contributed by atoms with Crippen molar-refractivity contribution in [3.05, 3.63) is 157 Å². The Balaban J connectivity index is 0.00000348. The minimum Gasteiger partial charge on any atom is -0.352 e. The van der Waals surface area contributed by atoms with E-state index in [0.717, 1.165) is 66.7 Å². The van der Waals surface area contributed by atoms with Crippen LogP contribution in [0, 0.1) is 12.1 Å². The van der Waals surface area contributed by atoms with Crippen molar-refractivity contribution in [1.82, 2.24) is 19.1 Å². The van der Waals surface area contributed by atoms with Gasteiger partial charge in [0.05, 0.1) is 0 Å². The number of hydrogen-bond acceptors (Lipinski definition) is 2. The molecule has 49 heavy (non-hydrogen) atoms. The molecule has 0 aliphatic heterocycles. The van der Waals surface area contributed by atoms with E-state index in [9.17, 15) is 0 Å². The van der Waals surface area contributed by atoms with Crippen molar-refractivity contribution in [1.29, 1.82) is 0 Å². The van der Waals surface area contributed by atoms with Crippen LogP contribution in [0.1, 0.15) is 26.3 Å². The third-order valence-corrected chi connectivity index (χ3v) is 9.38. The minimum atomic E-state index is -0.00267. The Labute approximate surface area is 300 Å². The quantitative estimate of drug-likeness (QED) is 0.166. The first-order chi connectivity index (χ1) is 23.4. The van der Waals surface area contributed by atoms with Gasteiger partial charge in [-0.2, -0.15) is 6.07 Å². The van der Waals surface area contributed by atoms with Gasteiger partial charge in [0.15, 0.2) is 0 Å². The number of para-hydroxylation sites is 2. The molecule has 9 rings (SSSR count). The third kappa shape index (κ3) is 5.19. The van der Waals surface area contributed by atoms with Gasteiger partial charge in [0.2, 0.25) is 0 Å². The average molecular weight is 812 g/mol. The van der Waals surface area contributed by atoms with Crippen LogP contribution in [0.5, 0.6) is 0 Å². The molecule has 0 saturated carbocycles. The Morgan fingerprint density at radius 2 is 1.16 bits per heavy atom. The maximum atomic E-state index is 4.89. The summed E-state index contributed by atoms with van der Waals surface area (Å²) in [6, 6.07) is 52.5. The molecule has 0 aliphatic carbocycles. The van der Waals surface area contributed by atoms with Gasteiger partial charge in [-0.05, 0) is 74.4 Å². The molecule has 0 unspecified atom stereocenters. The summed E-state index contributed by atoms with van der Waals surface area (Å²) in [4.78, 5) is 9.66. The molecule has 0 atom stereocenters. The van der Waals surface area contributed by atoms with Gasteiger partial charge in [-0.25, -0.2) is 4.98 Å². The Kier molecular flexibility index (Phi) is 7.58. The second kappa shape index (κ2) is 12.0. The second-order valence-corrected chi connectivity index (χ2v) is 13.4. The molecular formula is C44H32N4Pt. The molecule has 5 heteroatoms. The van der Waals surface area contributed by atoms with Crippen LogP contribution in [0.3, 0.4) is 0 Å². The van der Waals surface area contributed by atoms with Crippen LogP contribution in [-0.2, 0) is 26.5 Å². The summed E-state index contributed by atoms with van der Waals surface area (Å²) >= 11 is 0. The number of rotatable bonds is 4. The first-order valence-electron chi connectivity index (χ1n) is 16.3. The van der Waals surface area contributed by atoms with Crippen molar-refractivity contribution in [2.75, 3.05) is 0 Å². The monoisotopic (exact) mass is 811 g/mol. The molecule has 0 amide bonds. The summed E-state index contributed by atoms with van der Waals surface area (Å²) < 4.78 is 4.54. The van der Waals surface area contributed by atoms with Crippen molar-refractivity contribution in [3.63, 3.8) is 0 Å². The molecular weight excluding hydrogens is 780 g/mol. The summed E-state index contributed by atoms with van der Waals surface area (Å²) in [5.74, 6) is 0.891. The van der Waals surface area contributed by atoms with Crippen LogP contribution in [-0.4, -0.2) is 19.1 Å². The van der Waals surface area contributed by atoms with Gasteiger partial charge in [-0.3, -0.25) is 0 Å². The van der Waals surface area contributed by atoms with Gasteiger partial charge in [-0.15, -0.1) is 41.3 Å². The van der Waals surface area contributed by atoms with Gasteiger partial charge in [0, 0.05) is 23.4 Å². The number of aromatic nitrogens is 4. The zero-order valence-corrected chi connectivity index (χ0v) is 29.7. The molecule has 0 N–H and O–H groups in total. The molecule has 238 valence electrons. The van der Waals surface area contributed by atoms with Gasteiger partial charge in [0.25, 0.3) is 0 Å². The predicted molar refractivity (Wildman–Crippen MR) is 198 cm³/mol. The first-order valence-corrected chi connectivity index (χ1v) is 16.3. The SMILES string of the molecule is CC(C)(C)c1ccnc(-n2c3[c-]c(-n4c5[c-]c(-c6cc(-c7ccccc7)ccn6)ccc5c5ccccc54)ccc3c3ccccc32)c1.[Pt+2]. The number of pyridine rings is 2. The van der Waals surface area contributed by atoms with E-state index in [-0.39, 0.29) is 26.5 Å². The molecule has 0 radical (unpaired) electrons. The molecule has 4 nitrogen and oxygen atoms in total. The van der Waals surface area contributed by atoms with E-state index in [2.05, 4.69) is 163 Å². The standard InChI is InChI=1S/C44H32N4.Pt/c1-44(2,3)32-22-24-46-43(27-32)48-40-16-10-8-14-35(40)37-20-18-33(28-42(37)48)47-39-15-9-7-13-34(39)36-19-17-31(26-41(36)47)38-25-30(21-23-45-38)29-11-5-4-6-12-29;/h4-25,27H,1-3H3;/q-2;+2. The Morgan fingerprint density at radius 3 is 1.90 bits per heavy atom. The van der Waals surface area contributed by atoms with Crippen LogP contribution >= 0.6 is 0 Å². The third-order valence-electron chi connectivity index (χ3n) is 9.38. The van der Waals surface area contributed by atoms with Crippen molar-refractivity contribution >= 4 is 43.6 Å². The topological polar surface area (TPSA) is 35.6 Å².